The van der Waals surface area contributed by atoms with E-state index in [0.717, 1.165) is 17.0 Å². The van der Waals surface area contributed by atoms with Crippen LogP contribution in [0.5, 0.6) is 11.5 Å². The highest BCUT2D eigenvalue weighted by atomic mass is 32.2. The lowest BCUT2D eigenvalue weighted by atomic mass is 10.2. The number of nitrogens with zero attached hydrogens (tertiary/aromatic N) is 3. The van der Waals surface area contributed by atoms with Gasteiger partial charge in [0.05, 0.1) is 17.7 Å². The van der Waals surface area contributed by atoms with Gasteiger partial charge in [0, 0.05) is 0 Å². The van der Waals surface area contributed by atoms with Crippen LogP contribution in [-0.4, -0.2) is 29.8 Å². The highest BCUT2D eigenvalue weighted by Gasteiger charge is 2.29. The summed E-state index contributed by atoms with van der Waals surface area (Å²) < 4.78 is 10.6. The minimum Gasteiger partial charge on any atom is -0.454 e. The zero-order chi connectivity index (χ0) is 16.4. The molecular formula is C17H13N3O3S. The van der Waals surface area contributed by atoms with Crippen molar-refractivity contribution in [3.8, 4) is 11.5 Å². The Bertz CT molecular complexity index is 836. The van der Waals surface area contributed by atoms with Gasteiger partial charge in [-0.3, -0.25) is 9.69 Å². The zero-order valence-corrected chi connectivity index (χ0v) is 13.4. The molecule has 0 aromatic heterocycles. The Morgan fingerprint density at radius 2 is 1.92 bits per heavy atom. The normalized spacial score (nSPS) is 18.1. The third-order valence-corrected chi connectivity index (χ3v) is 4.44. The van der Waals surface area contributed by atoms with E-state index in [4.69, 9.17) is 9.47 Å². The predicted molar refractivity (Wildman–Crippen MR) is 94.0 cm³/mol. The Kier molecular flexibility index (Phi) is 3.92. The van der Waals surface area contributed by atoms with Crippen LogP contribution in [0.4, 0.5) is 5.69 Å². The second kappa shape index (κ2) is 6.37. The van der Waals surface area contributed by atoms with E-state index in [1.165, 1.54) is 11.8 Å². The van der Waals surface area contributed by atoms with Crippen LogP contribution in [0, 0.1) is 0 Å². The largest absolute Gasteiger partial charge is 0.454 e. The highest BCUT2D eigenvalue weighted by Crippen LogP contribution is 2.32. The molecule has 7 heteroatoms. The molecule has 2 aliphatic rings. The quantitative estimate of drug-likeness (QED) is 0.637. The molecule has 0 radical (unpaired) electrons. The van der Waals surface area contributed by atoms with Crippen LogP contribution < -0.4 is 14.4 Å². The summed E-state index contributed by atoms with van der Waals surface area (Å²) in [5, 5.41) is 8.89. The maximum Gasteiger partial charge on any atom is 0.243 e. The van der Waals surface area contributed by atoms with Gasteiger partial charge in [-0.25, -0.2) is 0 Å². The molecule has 2 aromatic rings. The van der Waals surface area contributed by atoms with Gasteiger partial charge in [-0.1, -0.05) is 30.0 Å². The number of anilines is 1. The lowest BCUT2D eigenvalue weighted by molar-refractivity contribution is -0.115. The van der Waals surface area contributed by atoms with Crippen molar-refractivity contribution in [3.63, 3.8) is 0 Å². The van der Waals surface area contributed by atoms with Gasteiger partial charge in [0.1, 0.15) is 0 Å². The van der Waals surface area contributed by atoms with E-state index in [1.807, 2.05) is 48.5 Å². The fourth-order valence-corrected chi connectivity index (χ4v) is 3.23. The summed E-state index contributed by atoms with van der Waals surface area (Å²) in [6.45, 7) is 0.239. The molecule has 0 N–H and O–H groups in total. The van der Waals surface area contributed by atoms with Crippen LogP contribution >= 0.6 is 11.8 Å². The predicted octanol–water partition coefficient (Wildman–Crippen LogP) is 2.89. The third-order valence-electron chi connectivity index (χ3n) is 3.53. The average Bonchev–Trinajstić information content (AvgIpc) is 3.22. The maximum atomic E-state index is 12.1. The molecule has 0 bridgehead atoms. The number of fused-ring (bicyclic) bond motifs is 1. The van der Waals surface area contributed by atoms with Gasteiger partial charge in [0.15, 0.2) is 16.7 Å². The first kappa shape index (κ1) is 14.8. The second-order valence-electron chi connectivity index (χ2n) is 5.09. The smallest absolute Gasteiger partial charge is 0.243 e. The number of hydrogen-bond donors (Lipinski definition) is 0. The molecule has 1 saturated heterocycles. The number of ether oxygens (including phenoxy) is 2. The summed E-state index contributed by atoms with van der Waals surface area (Å²) in [6.07, 6.45) is 1.63. The molecule has 120 valence electrons. The molecule has 24 heavy (non-hydrogen) atoms. The number of amides is 1. The van der Waals surface area contributed by atoms with E-state index < -0.39 is 0 Å². The van der Waals surface area contributed by atoms with E-state index in [-0.39, 0.29) is 12.7 Å². The first-order valence-corrected chi connectivity index (χ1v) is 8.31. The molecule has 6 nitrogen and oxygen atoms in total. The minimum absolute atomic E-state index is 0.00299. The highest BCUT2D eigenvalue weighted by molar-refractivity contribution is 8.15. The van der Waals surface area contributed by atoms with Crippen LogP contribution in [0.15, 0.2) is 58.7 Å². The molecule has 1 amide bonds. The molecular weight excluding hydrogens is 326 g/mol. The van der Waals surface area contributed by atoms with Gasteiger partial charge in [0.25, 0.3) is 0 Å². The van der Waals surface area contributed by atoms with Crippen LogP contribution in [0.3, 0.4) is 0 Å². The Morgan fingerprint density at radius 1 is 1.08 bits per heavy atom. The van der Waals surface area contributed by atoms with Crippen molar-refractivity contribution in [2.45, 2.75) is 0 Å². The number of carbonyl (C=O) groups is 1. The van der Waals surface area contributed by atoms with Gasteiger partial charge in [0.2, 0.25) is 12.7 Å². The van der Waals surface area contributed by atoms with Crippen molar-refractivity contribution in [1.29, 1.82) is 0 Å². The monoisotopic (exact) mass is 339 g/mol. The van der Waals surface area contributed by atoms with Crippen molar-refractivity contribution in [2.75, 3.05) is 17.4 Å². The standard InChI is InChI=1S/C17H13N3O3S/c21-16-10-24-17(20(16)13-4-2-1-3-5-13)19-18-9-12-6-7-14-15(8-12)23-11-22-14/h1-9H,10-11H2/b18-9-,19-17+. The van der Waals surface area contributed by atoms with E-state index in [2.05, 4.69) is 10.2 Å². The minimum atomic E-state index is 0.00299. The first-order chi connectivity index (χ1) is 11.8. The molecule has 2 aliphatic heterocycles. The topological polar surface area (TPSA) is 63.5 Å². The number of amidine groups is 1. The summed E-state index contributed by atoms with van der Waals surface area (Å²) in [4.78, 5) is 13.7. The fraction of sp³-hybridized carbons (Fsp3) is 0.118. The van der Waals surface area contributed by atoms with Gasteiger partial charge in [-0.05, 0) is 35.9 Å². The average molecular weight is 339 g/mol. The maximum absolute atomic E-state index is 12.1. The number of benzene rings is 2. The van der Waals surface area contributed by atoms with E-state index >= 15 is 0 Å². The van der Waals surface area contributed by atoms with Crippen LogP contribution in [0.25, 0.3) is 0 Å². The van der Waals surface area contributed by atoms with Gasteiger partial charge in [-0.15, -0.1) is 5.10 Å². The van der Waals surface area contributed by atoms with Gasteiger partial charge in [-0.2, -0.15) is 5.10 Å². The van der Waals surface area contributed by atoms with Crippen LogP contribution in [0.2, 0.25) is 0 Å². The Hall–Kier alpha value is -2.80. The van der Waals surface area contributed by atoms with Crippen LogP contribution in [-0.2, 0) is 4.79 Å². The van der Waals surface area contributed by atoms with E-state index in [1.54, 1.807) is 11.1 Å². The van der Waals surface area contributed by atoms with Crippen molar-refractivity contribution >= 4 is 34.7 Å². The van der Waals surface area contributed by atoms with Crippen molar-refractivity contribution in [2.24, 2.45) is 10.2 Å². The lowest BCUT2D eigenvalue weighted by Gasteiger charge is -2.14. The number of para-hydroxylation sites is 1. The fourth-order valence-electron chi connectivity index (χ4n) is 2.41. The van der Waals surface area contributed by atoms with Gasteiger partial charge < -0.3 is 9.47 Å². The molecule has 0 saturated carbocycles. The lowest BCUT2D eigenvalue weighted by Crippen LogP contribution is -2.28. The summed E-state index contributed by atoms with van der Waals surface area (Å²) in [5.74, 6) is 1.80. The molecule has 2 heterocycles. The van der Waals surface area contributed by atoms with Crippen LogP contribution in [0.1, 0.15) is 5.56 Å². The Morgan fingerprint density at radius 3 is 2.79 bits per heavy atom. The molecule has 0 spiro atoms. The van der Waals surface area contributed by atoms with Crippen molar-refractivity contribution in [3.05, 3.63) is 54.1 Å². The van der Waals surface area contributed by atoms with Gasteiger partial charge >= 0.3 is 0 Å². The molecule has 0 unspecified atom stereocenters. The van der Waals surface area contributed by atoms with Crippen molar-refractivity contribution < 1.29 is 14.3 Å². The van der Waals surface area contributed by atoms with E-state index in [0.29, 0.717) is 16.7 Å². The summed E-state index contributed by atoms with van der Waals surface area (Å²) in [6, 6.07) is 15.0. The SMILES string of the molecule is O=C1CS/C(=N/N=C\c2ccc3c(c2)OCO3)N1c1ccccc1. The molecule has 1 fully saturated rings. The number of thioether (sulfide) groups is 1. The molecule has 4 rings (SSSR count). The Labute approximate surface area is 142 Å². The number of rotatable bonds is 3. The third kappa shape index (κ3) is 2.85. The first-order valence-electron chi connectivity index (χ1n) is 7.33. The summed E-state index contributed by atoms with van der Waals surface area (Å²) >= 11 is 1.38. The number of carbonyl (C=O) groups excluding carboxylic acids is 1. The summed E-state index contributed by atoms with van der Waals surface area (Å²) in [5.41, 5.74) is 1.65. The van der Waals surface area contributed by atoms with Crippen molar-refractivity contribution in [1.82, 2.24) is 0 Å². The summed E-state index contributed by atoms with van der Waals surface area (Å²) in [7, 11) is 0. The molecule has 2 aromatic carbocycles. The number of hydrogen-bond acceptors (Lipinski definition) is 6. The van der Waals surface area contributed by atoms with E-state index in [9.17, 15) is 4.79 Å². The molecule has 0 atom stereocenters. The molecule has 0 aliphatic carbocycles. The zero-order valence-electron chi connectivity index (χ0n) is 12.6. The second-order valence-corrected chi connectivity index (χ2v) is 6.04. The Balaban J connectivity index is 1.55.